The summed E-state index contributed by atoms with van der Waals surface area (Å²) < 4.78 is 0. The number of ketones is 1. The number of carbonyl (C=O) groups is 1. The largest absolute Gasteiger partial charge is 0.299 e. The number of Topliss-reactive ketones (excluding diaryl/α,β-unsaturated/α-hetero) is 1. The van der Waals surface area contributed by atoms with E-state index in [2.05, 4.69) is 20.8 Å². The Hall–Kier alpha value is -0.330. The van der Waals surface area contributed by atoms with E-state index in [0.717, 1.165) is 12.3 Å². The van der Waals surface area contributed by atoms with Gasteiger partial charge in [0.25, 0.3) is 0 Å². The van der Waals surface area contributed by atoms with E-state index < -0.39 is 0 Å². The second-order valence-electron chi connectivity index (χ2n) is 9.58. The third-order valence-corrected chi connectivity index (χ3v) is 9.08. The third kappa shape index (κ3) is 1.86. The van der Waals surface area contributed by atoms with Gasteiger partial charge in [-0.15, -0.1) is 0 Å². The van der Waals surface area contributed by atoms with E-state index in [1.54, 1.807) is 0 Å². The van der Waals surface area contributed by atoms with Gasteiger partial charge in [-0.2, -0.15) is 0 Å². The summed E-state index contributed by atoms with van der Waals surface area (Å²) in [6.45, 7) is 7.47. The summed E-state index contributed by atoms with van der Waals surface area (Å²) in [5.41, 5.74) is 0.964. The number of carbonyl (C=O) groups excluding carboxylic acids is 1. The van der Waals surface area contributed by atoms with Gasteiger partial charge in [-0.25, -0.2) is 0 Å². The van der Waals surface area contributed by atoms with Crippen LogP contribution >= 0.6 is 0 Å². The standard InChI is InChI=1S/C21H34O/c1-4-14-8-9-16-19-17(10-12-21(14,16)3)20(2)11-6-5-7-15(20)13-18(19)22/h14-17,19H,4-13H2,1-3H3/t14-,15-,16-,17-,19-,20-,21+/m0/s1. The van der Waals surface area contributed by atoms with Crippen molar-refractivity contribution in [2.45, 2.75) is 85.0 Å². The summed E-state index contributed by atoms with van der Waals surface area (Å²) >= 11 is 0. The van der Waals surface area contributed by atoms with Crippen LogP contribution in [-0.4, -0.2) is 5.78 Å². The van der Waals surface area contributed by atoms with Gasteiger partial charge in [0.05, 0.1) is 0 Å². The van der Waals surface area contributed by atoms with E-state index in [1.165, 1.54) is 57.8 Å². The van der Waals surface area contributed by atoms with Gasteiger partial charge in [0.1, 0.15) is 5.78 Å². The Kier molecular flexibility index (Phi) is 3.51. The van der Waals surface area contributed by atoms with Gasteiger partial charge in [0.15, 0.2) is 0 Å². The second-order valence-corrected chi connectivity index (χ2v) is 9.58. The van der Waals surface area contributed by atoms with Crippen LogP contribution in [0.2, 0.25) is 0 Å². The minimum absolute atomic E-state index is 0.426. The fourth-order valence-corrected chi connectivity index (χ4v) is 7.74. The molecule has 22 heavy (non-hydrogen) atoms. The Morgan fingerprint density at radius 1 is 0.955 bits per heavy atom. The van der Waals surface area contributed by atoms with Crippen LogP contribution in [0.1, 0.15) is 85.0 Å². The number of rotatable bonds is 1. The van der Waals surface area contributed by atoms with E-state index in [0.29, 0.717) is 40.3 Å². The maximum atomic E-state index is 13.1. The van der Waals surface area contributed by atoms with Crippen LogP contribution < -0.4 is 0 Å². The first-order valence-corrected chi connectivity index (χ1v) is 10.0. The number of hydrogen-bond acceptors (Lipinski definition) is 1. The molecule has 0 bridgehead atoms. The fourth-order valence-electron chi connectivity index (χ4n) is 7.74. The Balaban J connectivity index is 1.69. The minimum atomic E-state index is 0.426. The number of hydrogen-bond donors (Lipinski definition) is 0. The van der Waals surface area contributed by atoms with Crippen molar-refractivity contribution in [1.82, 2.24) is 0 Å². The molecule has 0 aromatic heterocycles. The summed E-state index contributed by atoms with van der Waals surface area (Å²) in [6, 6.07) is 0. The van der Waals surface area contributed by atoms with Crippen molar-refractivity contribution in [2.24, 2.45) is 40.4 Å². The normalized spacial score (nSPS) is 54.5. The molecule has 4 fully saturated rings. The monoisotopic (exact) mass is 302 g/mol. The molecular weight excluding hydrogens is 268 g/mol. The van der Waals surface area contributed by atoms with Gasteiger partial charge >= 0.3 is 0 Å². The molecule has 0 aromatic carbocycles. The molecule has 4 aliphatic carbocycles. The summed E-state index contributed by atoms with van der Waals surface area (Å²) in [4.78, 5) is 13.1. The smallest absolute Gasteiger partial charge is 0.136 e. The van der Waals surface area contributed by atoms with Crippen LogP contribution in [-0.2, 0) is 4.79 Å². The average molecular weight is 303 g/mol. The van der Waals surface area contributed by atoms with Crippen LogP contribution in [0.25, 0.3) is 0 Å². The first-order chi connectivity index (χ1) is 10.5. The molecule has 0 N–H and O–H groups in total. The third-order valence-electron chi connectivity index (χ3n) is 9.08. The predicted molar refractivity (Wildman–Crippen MR) is 90.5 cm³/mol. The van der Waals surface area contributed by atoms with Crippen LogP contribution in [0.5, 0.6) is 0 Å². The lowest BCUT2D eigenvalue weighted by atomic mass is 9.44. The van der Waals surface area contributed by atoms with Crippen LogP contribution in [0, 0.1) is 40.4 Å². The van der Waals surface area contributed by atoms with Crippen molar-refractivity contribution in [1.29, 1.82) is 0 Å². The molecule has 0 aliphatic heterocycles. The zero-order chi connectivity index (χ0) is 15.5. The van der Waals surface area contributed by atoms with Gasteiger partial charge in [0, 0.05) is 12.3 Å². The highest BCUT2D eigenvalue weighted by Gasteiger charge is 2.61. The van der Waals surface area contributed by atoms with Gasteiger partial charge in [-0.3, -0.25) is 4.79 Å². The summed E-state index contributed by atoms with van der Waals surface area (Å²) in [5, 5.41) is 0. The topological polar surface area (TPSA) is 17.1 Å². The molecule has 1 nitrogen and oxygen atoms in total. The van der Waals surface area contributed by atoms with E-state index in [4.69, 9.17) is 0 Å². The minimum Gasteiger partial charge on any atom is -0.299 e. The van der Waals surface area contributed by atoms with Crippen LogP contribution in [0.15, 0.2) is 0 Å². The molecule has 1 heteroatoms. The zero-order valence-electron chi connectivity index (χ0n) is 14.9. The molecule has 0 aromatic rings. The lowest BCUT2D eigenvalue weighted by molar-refractivity contribution is -0.155. The summed E-state index contributed by atoms with van der Waals surface area (Å²) in [7, 11) is 0. The van der Waals surface area contributed by atoms with E-state index in [1.807, 2.05) is 0 Å². The first kappa shape index (κ1) is 15.2. The fraction of sp³-hybridized carbons (Fsp3) is 0.952. The molecule has 4 aliphatic rings. The molecule has 0 amide bonds. The molecule has 4 saturated carbocycles. The molecule has 0 saturated heterocycles. The van der Waals surface area contributed by atoms with Crippen molar-refractivity contribution >= 4 is 5.78 Å². The zero-order valence-corrected chi connectivity index (χ0v) is 14.9. The highest BCUT2D eigenvalue weighted by molar-refractivity contribution is 5.83. The van der Waals surface area contributed by atoms with E-state index in [9.17, 15) is 4.79 Å². The van der Waals surface area contributed by atoms with E-state index in [-0.39, 0.29) is 0 Å². The first-order valence-electron chi connectivity index (χ1n) is 10.0. The summed E-state index contributed by atoms with van der Waals surface area (Å²) in [5.74, 6) is 4.11. The van der Waals surface area contributed by atoms with Crippen LogP contribution in [0.3, 0.4) is 0 Å². The predicted octanol–water partition coefficient (Wildman–Crippen LogP) is 5.62. The van der Waals surface area contributed by atoms with Gasteiger partial charge in [0.2, 0.25) is 0 Å². The lowest BCUT2D eigenvalue weighted by Gasteiger charge is -2.59. The number of fused-ring (bicyclic) bond motifs is 5. The SMILES string of the molecule is CC[C@H]1CC[C@H]2[C@@H]3C(=O)C[C@@H]4CCCC[C@]4(C)[C@H]3CC[C@]12C. The summed E-state index contributed by atoms with van der Waals surface area (Å²) in [6.07, 6.45) is 13.2. The Bertz CT molecular complexity index is 469. The molecule has 4 rings (SSSR count). The second kappa shape index (κ2) is 5.08. The maximum Gasteiger partial charge on any atom is 0.136 e. The van der Waals surface area contributed by atoms with Gasteiger partial charge in [-0.1, -0.05) is 40.0 Å². The molecular formula is C21H34O. The highest BCUT2D eigenvalue weighted by Crippen LogP contribution is 2.66. The Morgan fingerprint density at radius 2 is 1.73 bits per heavy atom. The molecule has 0 unspecified atom stereocenters. The van der Waals surface area contributed by atoms with Crippen LogP contribution in [0.4, 0.5) is 0 Å². The van der Waals surface area contributed by atoms with E-state index >= 15 is 0 Å². The van der Waals surface area contributed by atoms with Crippen molar-refractivity contribution < 1.29 is 4.79 Å². The Morgan fingerprint density at radius 3 is 2.50 bits per heavy atom. The average Bonchev–Trinajstić information content (AvgIpc) is 2.84. The van der Waals surface area contributed by atoms with Crippen molar-refractivity contribution in [3.63, 3.8) is 0 Å². The molecule has 0 radical (unpaired) electrons. The highest BCUT2D eigenvalue weighted by atomic mass is 16.1. The van der Waals surface area contributed by atoms with Gasteiger partial charge in [-0.05, 0) is 73.0 Å². The maximum absolute atomic E-state index is 13.1. The lowest BCUT2D eigenvalue weighted by Crippen LogP contribution is -2.56. The molecule has 0 spiro atoms. The molecule has 124 valence electrons. The quantitative estimate of drug-likeness (QED) is 0.614. The Labute approximate surface area is 136 Å². The van der Waals surface area contributed by atoms with Crippen molar-refractivity contribution in [3.05, 3.63) is 0 Å². The molecule has 0 heterocycles. The van der Waals surface area contributed by atoms with Crippen molar-refractivity contribution in [2.75, 3.05) is 0 Å². The van der Waals surface area contributed by atoms with Crippen molar-refractivity contribution in [3.8, 4) is 0 Å². The van der Waals surface area contributed by atoms with Gasteiger partial charge < -0.3 is 0 Å². The molecule has 7 atom stereocenters.